The number of ketones is 1. The molecule has 6 atom stereocenters. The first-order valence-electron chi connectivity index (χ1n) is 8.53. The van der Waals surface area contributed by atoms with E-state index < -0.39 is 5.41 Å². The molecule has 0 unspecified atom stereocenters. The number of allylic oxidation sites excluding steroid dienone is 4. The molecule has 3 aliphatic carbocycles. The number of esters is 1. The fraction of sp³-hybridized carbons (Fsp3) is 0.600. The molecule has 0 aromatic rings. The molecule has 3 heteroatoms. The van der Waals surface area contributed by atoms with Crippen LogP contribution in [0, 0.1) is 28.1 Å². The summed E-state index contributed by atoms with van der Waals surface area (Å²) in [4.78, 5) is 25.0. The Bertz CT molecular complexity index is 687. The Morgan fingerprint density at radius 1 is 1.30 bits per heavy atom. The summed E-state index contributed by atoms with van der Waals surface area (Å²) in [6, 6.07) is 0. The summed E-state index contributed by atoms with van der Waals surface area (Å²) < 4.78 is 5.67. The Morgan fingerprint density at radius 3 is 2.74 bits per heavy atom. The summed E-state index contributed by atoms with van der Waals surface area (Å²) in [5.74, 6) is -0.150. The molecule has 4 rings (SSSR count). The van der Waals surface area contributed by atoms with Crippen LogP contribution >= 0.6 is 0 Å². The van der Waals surface area contributed by atoms with Gasteiger partial charge >= 0.3 is 5.97 Å². The van der Waals surface area contributed by atoms with E-state index in [4.69, 9.17) is 4.74 Å². The van der Waals surface area contributed by atoms with Crippen LogP contribution in [0.5, 0.6) is 0 Å². The molecule has 1 heterocycles. The fourth-order valence-corrected chi connectivity index (χ4v) is 5.60. The van der Waals surface area contributed by atoms with Crippen LogP contribution < -0.4 is 0 Å². The zero-order valence-corrected chi connectivity index (χ0v) is 14.1. The standard InChI is InChI=1S/C20H24O3/c1-5-18(2)8-6-13-12(11-18)10-14-16-19(13,3)9-7-15(21)20(16,4)17(22)23-14/h5,7,9-10,13-14,16H,1,6,8,11H2,2-4H3/t13-,14-,16-,18-,19-,20+/m1/s1. The molecule has 3 nitrogen and oxygen atoms in total. The van der Waals surface area contributed by atoms with Gasteiger partial charge in [-0.3, -0.25) is 9.59 Å². The lowest BCUT2D eigenvalue weighted by Gasteiger charge is -2.54. The minimum atomic E-state index is -1.02. The monoisotopic (exact) mass is 312 g/mol. The molecule has 1 saturated carbocycles. The van der Waals surface area contributed by atoms with Crippen molar-refractivity contribution >= 4 is 11.8 Å². The molecule has 2 fully saturated rings. The zero-order valence-electron chi connectivity index (χ0n) is 14.1. The van der Waals surface area contributed by atoms with Gasteiger partial charge in [-0.2, -0.15) is 0 Å². The van der Waals surface area contributed by atoms with E-state index in [1.54, 1.807) is 13.0 Å². The van der Waals surface area contributed by atoms with Crippen molar-refractivity contribution in [3.63, 3.8) is 0 Å². The molecule has 1 aliphatic heterocycles. The average Bonchev–Trinajstić information content (AvgIpc) is 2.77. The average molecular weight is 312 g/mol. The van der Waals surface area contributed by atoms with E-state index in [0.717, 1.165) is 19.3 Å². The molecular formula is C20H24O3. The molecule has 0 amide bonds. The maximum absolute atomic E-state index is 12.5. The van der Waals surface area contributed by atoms with E-state index in [-0.39, 0.29) is 34.6 Å². The van der Waals surface area contributed by atoms with Gasteiger partial charge in [-0.15, -0.1) is 6.58 Å². The third kappa shape index (κ3) is 1.66. The van der Waals surface area contributed by atoms with Crippen molar-refractivity contribution in [2.45, 2.75) is 46.1 Å². The molecule has 23 heavy (non-hydrogen) atoms. The molecule has 0 aromatic heterocycles. The third-order valence-electron chi connectivity index (χ3n) is 7.08. The lowest BCUT2D eigenvalue weighted by atomic mass is 9.47. The van der Waals surface area contributed by atoms with Crippen molar-refractivity contribution in [3.8, 4) is 0 Å². The van der Waals surface area contributed by atoms with Gasteiger partial charge in [-0.05, 0) is 49.7 Å². The van der Waals surface area contributed by atoms with Crippen molar-refractivity contribution in [1.82, 2.24) is 0 Å². The van der Waals surface area contributed by atoms with Gasteiger partial charge in [0.15, 0.2) is 5.78 Å². The van der Waals surface area contributed by atoms with Gasteiger partial charge in [0, 0.05) is 11.3 Å². The largest absolute Gasteiger partial charge is 0.457 e. The van der Waals surface area contributed by atoms with Crippen molar-refractivity contribution in [1.29, 1.82) is 0 Å². The van der Waals surface area contributed by atoms with E-state index in [2.05, 4.69) is 38.7 Å². The SMILES string of the molecule is C=C[C@]1(C)CC[C@@H]2C(=C[C@H]3OC(=O)[C@@]4(C)C(=O)C=C[C@@]2(C)[C@@H]34)C1. The second-order valence-electron chi connectivity index (χ2n) is 8.48. The molecule has 0 aromatic carbocycles. The molecule has 4 aliphatic rings. The van der Waals surface area contributed by atoms with Crippen molar-refractivity contribution in [2.75, 3.05) is 0 Å². The maximum atomic E-state index is 12.5. The Hall–Kier alpha value is -1.64. The van der Waals surface area contributed by atoms with Crippen LogP contribution in [0.4, 0.5) is 0 Å². The highest BCUT2D eigenvalue weighted by atomic mass is 16.6. The summed E-state index contributed by atoms with van der Waals surface area (Å²) in [6.07, 6.45) is 10.8. The van der Waals surface area contributed by atoms with Crippen LogP contribution in [0.2, 0.25) is 0 Å². The number of ether oxygens (including phenoxy) is 1. The Labute approximate surface area is 137 Å². The first kappa shape index (κ1) is 14.9. The van der Waals surface area contributed by atoms with Crippen LogP contribution in [-0.4, -0.2) is 17.9 Å². The minimum absolute atomic E-state index is 0.0816. The van der Waals surface area contributed by atoms with Crippen molar-refractivity contribution < 1.29 is 14.3 Å². The first-order chi connectivity index (χ1) is 10.7. The van der Waals surface area contributed by atoms with E-state index in [1.165, 1.54) is 5.57 Å². The summed E-state index contributed by atoms with van der Waals surface area (Å²) >= 11 is 0. The summed E-state index contributed by atoms with van der Waals surface area (Å²) in [7, 11) is 0. The highest BCUT2D eigenvalue weighted by Gasteiger charge is 2.68. The summed E-state index contributed by atoms with van der Waals surface area (Å²) in [5, 5.41) is 0. The van der Waals surface area contributed by atoms with Crippen molar-refractivity contribution in [3.05, 3.63) is 36.5 Å². The third-order valence-corrected chi connectivity index (χ3v) is 7.08. The first-order valence-corrected chi connectivity index (χ1v) is 8.53. The van der Waals surface area contributed by atoms with Crippen LogP contribution in [0.25, 0.3) is 0 Å². The lowest BCUT2D eigenvalue weighted by Crippen LogP contribution is -2.54. The summed E-state index contributed by atoms with van der Waals surface area (Å²) in [6.45, 7) is 10.2. The second-order valence-corrected chi connectivity index (χ2v) is 8.48. The normalized spacial score (nSPS) is 50.7. The Balaban J connectivity index is 1.86. The minimum Gasteiger partial charge on any atom is -0.457 e. The molecule has 122 valence electrons. The predicted octanol–water partition coefficient (Wildman–Crippen LogP) is 3.61. The highest BCUT2D eigenvalue weighted by Crippen LogP contribution is 2.63. The number of rotatable bonds is 1. The molecule has 0 spiro atoms. The van der Waals surface area contributed by atoms with Gasteiger partial charge in [0.1, 0.15) is 11.5 Å². The highest BCUT2D eigenvalue weighted by molar-refractivity contribution is 6.11. The topological polar surface area (TPSA) is 43.4 Å². The second kappa shape index (κ2) is 4.25. The van der Waals surface area contributed by atoms with Gasteiger partial charge in [-0.25, -0.2) is 0 Å². The van der Waals surface area contributed by atoms with Gasteiger partial charge < -0.3 is 4.74 Å². The number of fused-ring (bicyclic) bond motifs is 2. The van der Waals surface area contributed by atoms with Gasteiger partial charge in [0.25, 0.3) is 0 Å². The smallest absolute Gasteiger partial charge is 0.320 e. The quantitative estimate of drug-likeness (QED) is 0.422. The zero-order chi connectivity index (χ0) is 16.6. The maximum Gasteiger partial charge on any atom is 0.320 e. The number of hydrogen-bond donors (Lipinski definition) is 0. The van der Waals surface area contributed by atoms with Crippen LogP contribution in [0.15, 0.2) is 36.5 Å². The van der Waals surface area contributed by atoms with Crippen LogP contribution in [0.3, 0.4) is 0 Å². The predicted molar refractivity (Wildman–Crippen MR) is 87.5 cm³/mol. The lowest BCUT2D eigenvalue weighted by molar-refractivity contribution is -0.151. The van der Waals surface area contributed by atoms with E-state index in [0.29, 0.717) is 5.92 Å². The van der Waals surface area contributed by atoms with E-state index >= 15 is 0 Å². The number of carbonyl (C=O) groups excluding carboxylic acids is 2. The molecular weight excluding hydrogens is 288 g/mol. The molecule has 0 radical (unpaired) electrons. The Morgan fingerprint density at radius 2 is 2.04 bits per heavy atom. The van der Waals surface area contributed by atoms with Gasteiger partial charge in [-0.1, -0.05) is 31.6 Å². The van der Waals surface area contributed by atoms with E-state index in [9.17, 15) is 9.59 Å². The van der Waals surface area contributed by atoms with Crippen LogP contribution in [0.1, 0.15) is 40.0 Å². The van der Waals surface area contributed by atoms with E-state index in [1.807, 2.05) is 0 Å². The van der Waals surface area contributed by atoms with Crippen LogP contribution in [-0.2, 0) is 14.3 Å². The fourth-order valence-electron chi connectivity index (χ4n) is 5.60. The Kier molecular flexibility index (Phi) is 2.76. The molecule has 0 bridgehead atoms. The molecule has 0 N–H and O–H groups in total. The summed E-state index contributed by atoms with van der Waals surface area (Å²) in [5.41, 5.74) is 0.283. The van der Waals surface area contributed by atoms with Crippen molar-refractivity contribution in [2.24, 2.45) is 28.1 Å². The number of carbonyl (C=O) groups is 2. The van der Waals surface area contributed by atoms with Gasteiger partial charge in [0.2, 0.25) is 0 Å². The van der Waals surface area contributed by atoms with Gasteiger partial charge in [0.05, 0.1) is 0 Å². The molecule has 1 saturated heterocycles. The number of hydrogen-bond acceptors (Lipinski definition) is 3.